The summed E-state index contributed by atoms with van der Waals surface area (Å²) in [6.45, 7) is 0. The van der Waals surface area contributed by atoms with Crippen LogP contribution in [0.5, 0.6) is 0 Å². The van der Waals surface area contributed by atoms with Crippen LogP contribution in [-0.2, 0) is 32.0 Å². The molecule has 1 fully saturated rings. The molecular weight excluding hydrogens is 667 g/mol. The number of aliphatic carboxylic acids is 1. The molecule has 16 heteroatoms. The van der Waals surface area contributed by atoms with Gasteiger partial charge in [0.2, 0.25) is 11.8 Å². The summed E-state index contributed by atoms with van der Waals surface area (Å²) in [7, 11) is 0. The van der Waals surface area contributed by atoms with E-state index in [1.807, 2.05) is 0 Å². The average molecular weight is 683 g/mol. The summed E-state index contributed by atoms with van der Waals surface area (Å²) < 4.78 is 72.1. The minimum atomic E-state index is -4.83. The lowest BCUT2D eigenvalue weighted by Crippen LogP contribution is -2.53. The van der Waals surface area contributed by atoms with Crippen LogP contribution >= 0.6 is 46.4 Å². The molecule has 5 rings (SSSR count). The van der Waals surface area contributed by atoms with Gasteiger partial charge in [0.1, 0.15) is 11.5 Å². The maximum atomic E-state index is 16.4. The van der Waals surface area contributed by atoms with Gasteiger partial charge in [-0.1, -0.05) is 58.5 Å². The molecular formula is C27H16Cl4F5N3O4. The third-order valence-electron chi connectivity index (χ3n) is 7.33. The van der Waals surface area contributed by atoms with Gasteiger partial charge in [-0.05, 0) is 42.5 Å². The van der Waals surface area contributed by atoms with Crippen LogP contribution in [-0.4, -0.2) is 28.9 Å². The van der Waals surface area contributed by atoms with Crippen molar-refractivity contribution in [3.8, 4) is 0 Å². The third kappa shape index (κ3) is 5.29. The number of carbonyl (C=O) groups is 3. The second-order valence-electron chi connectivity index (χ2n) is 9.88. The van der Waals surface area contributed by atoms with Crippen LogP contribution < -0.4 is 16.0 Å². The molecule has 3 aromatic carbocycles. The molecule has 2 aliphatic heterocycles. The van der Waals surface area contributed by atoms with E-state index in [9.17, 15) is 32.7 Å². The van der Waals surface area contributed by atoms with E-state index >= 15 is 8.78 Å². The van der Waals surface area contributed by atoms with Crippen molar-refractivity contribution in [3.05, 3.63) is 91.4 Å². The summed E-state index contributed by atoms with van der Waals surface area (Å²) in [6.07, 6.45) is -4.83. The van der Waals surface area contributed by atoms with Crippen LogP contribution in [0.3, 0.4) is 0 Å². The number of carboxylic acids is 1. The summed E-state index contributed by atoms with van der Waals surface area (Å²) >= 11 is 24.3. The number of amides is 2. The highest BCUT2D eigenvalue weighted by Crippen LogP contribution is 2.55. The Morgan fingerprint density at radius 3 is 1.98 bits per heavy atom. The van der Waals surface area contributed by atoms with Gasteiger partial charge in [-0.2, -0.15) is 22.0 Å². The van der Waals surface area contributed by atoms with E-state index in [0.717, 1.165) is 6.07 Å². The Labute approximate surface area is 259 Å². The lowest BCUT2D eigenvalue weighted by Gasteiger charge is -2.29. The van der Waals surface area contributed by atoms with Gasteiger partial charge < -0.3 is 15.7 Å². The summed E-state index contributed by atoms with van der Waals surface area (Å²) in [4.78, 5) is 40.1. The van der Waals surface area contributed by atoms with Gasteiger partial charge in [-0.15, -0.1) is 0 Å². The number of carbonyl (C=O) groups excluding carboxylic acids is 2. The van der Waals surface area contributed by atoms with Crippen molar-refractivity contribution in [2.45, 2.75) is 23.7 Å². The number of anilines is 2. The molecule has 7 nitrogen and oxygen atoms in total. The number of alkyl halides is 5. The first-order valence-corrected chi connectivity index (χ1v) is 13.6. The van der Waals surface area contributed by atoms with Gasteiger partial charge in [0.05, 0.1) is 28.2 Å². The number of nitrogens with one attached hydrogen (secondary N) is 3. The smallest absolute Gasteiger partial charge is 0.416 e. The van der Waals surface area contributed by atoms with Crippen molar-refractivity contribution < 1.29 is 41.4 Å². The van der Waals surface area contributed by atoms with E-state index in [1.165, 1.54) is 24.3 Å². The molecule has 226 valence electrons. The van der Waals surface area contributed by atoms with Crippen LogP contribution in [0.1, 0.15) is 16.7 Å². The molecule has 4 N–H and O–H groups in total. The fourth-order valence-corrected chi connectivity index (χ4v) is 6.62. The number of hydrogen-bond acceptors (Lipinski definition) is 4. The van der Waals surface area contributed by atoms with E-state index < -0.39 is 64.4 Å². The van der Waals surface area contributed by atoms with E-state index in [1.54, 1.807) is 0 Å². The SMILES string of the molecule is O=C(Nc1cc(Cl)cc(Cl)c1)C1C(C(F)(F)c2ccc(C(F)(F)F)cc2)NC2(C(=O)Nc3c(Cl)cc(Cl)cc32)C1C(=O)O. The standard InChI is InChI=1S/C27H16Cl4F5N3O4/c28-12-5-13(29)7-15(6-12)37-22(40)18-19(23(41)42)25(16-8-14(30)9-17(31)20(16)38-24(25)43)39-21(18)26(32,33)10-1-3-11(4-2-10)27(34,35)36/h1-9,18-19,21,39H,(H,37,40)(H,38,43)(H,41,42). The minimum Gasteiger partial charge on any atom is -0.481 e. The van der Waals surface area contributed by atoms with Crippen LogP contribution in [0, 0.1) is 11.8 Å². The number of hydrogen-bond donors (Lipinski definition) is 4. The van der Waals surface area contributed by atoms with Crippen LogP contribution in [0.4, 0.5) is 33.3 Å². The van der Waals surface area contributed by atoms with Crippen molar-refractivity contribution in [3.63, 3.8) is 0 Å². The average Bonchev–Trinajstić information content (AvgIpc) is 3.40. The number of benzene rings is 3. The van der Waals surface area contributed by atoms with Crippen molar-refractivity contribution >= 4 is 75.6 Å². The molecule has 0 radical (unpaired) electrons. The molecule has 2 heterocycles. The Morgan fingerprint density at radius 1 is 0.860 bits per heavy atom. The van der Waals surface area contributed by atoms with Crippen molar-refractivity contribution in [2.75, 3.05) is 10.6 Å². The van der Waals surface area contributed by atoms with E-state index in [-0.39, 0.29) is 37.0 Å². The number of carboxylic acid groups (broad SMARTS) is 1. The monoisotopic (exact) mass is 681 g/mol. The first-order valence-electron chi connectivity index (χ1n) is 12.1. The third-order valence-corrected chi connectivity index (χ3v) is 8.28. The molecule has 2 aliphatic rings. The number of rotatable bonds is 5. The summed E-state index contributed by atoms with van der Waals surface area (Å²) in [6, 6.07) is 5.53. The predicted molar refractivity (Wildman–Crippen MR) is 149 cm³/mol. The largest absolute Gasteiger partial charge is 0.481 e. The maximum absolute atomic E-state index is 16.4. The summed E-state index contributed by atoms with van der Waals surface area (Å²) in [5, 5.41) is 17.4. The molecule has 3 aromatic rings. The molecule has 43 heavy (non-hydrogen) atoms. The van der Waals surface area contributed by atoms with Crippen molar-refractivity contribution in [1.29, 1.82) is 0 Å². The minimum absolute atomic E-state index is 0.0543. The van der Waals surface area contributed by atoms with E-state index in [4.69, 9.17) is 46.4 Å². The number of halogens is 9. The van der Waals surface area contributed by atoms with Gasteiger partial charge in [0, 0.05) is 31.9 Å². The zero-order valence-electron chi connectivity index (χ0n) is 21.0. The highest BCUT2D eigenvalue weighted by atomic mass is 35.5. The van der Waals surface area contributed by atoms with Gasteiger partial charge in [-0.3, -0.25) is 19.7 Å². The lowest BCUT2D eigenvalue weighted by atomic mass is 9.74. The zero-order valence-corrected chi connectivity index (χ0v) is 24.0. The fourth-order valence-electron chi connectivity index (χ4n) is 5.56. The lowest BCUT2D eigenvalue weighted by molar-refractivity contribution is -0.151. The first-order chi connectivity index (χ1) is 20.0. The highest BCUT2D eigenvalue weighted by molar-refractivity contribution is 6.38. The van der Waals surface area contributed by atoms with Gasteiger partial charge in [0.15, 0.2) is 0 Å². The van der Waals surface area contributed by atoms with Gasteiger partial charge >= 0.3 is 12.1 Å². The molecule has 4 atom stereocenters. The fraction of sp³-hybridized carbons (Fsp3) is 0.222. The van der Waals surface area contributed by atoms with Gasteiger partial charge in [0.25, 0.3) is 5.92 Å². The van der Waals surface area contributed by atoms with E-state index in [2.05, 4.69) is 16.0 Å². The van der Waals surface area contributed by atoms with Crippen LogP contribution in [0.25, 0.3) is 0 Å². The Kier molecular flexibility index (Phi) is 7.84. The molecule has 0 aliphatic carbocycles. The Hall–Kier alpha value is -3.16. The molecule has 1 saturated heterocycles. The highest BCUT2D eigenvalue weighted by Gasteiger charge is 2.71. The topological polar surface area (TPSA) is 108 Å². The zero-order chi connectivity index (χ0) is 31.6. The molecule has 0 bridgehead atoms. The Morgan fingerprint density at radius 2 is 1.42 bits per heavy atom. The molecule has 0 aromatic heterocycles. The van der Waals surface area contributed by atoms with E-state index in [0.29, 0.717) is 24.3 Å². The predicted octanol–water partition coefficient (Wildman–Crippen LogP) is 7.19. The number of fused-ring (bicyclic) bond motifs is 2. The van der Waals surface area contributed by atoms with Crippen LogP contribution in [0.2, 0.25) is 20.1 Å². The Bertz CT molecular complexity index is 1650. The normalized spacial score (nSPS) is 23.3. The molecule has 4 unspecified atom stereocenters. The molecule has 2 amide bonds. The van der Waals surface area contributed by atoms with Crippen LogP contribution in [0.15, 0.2) is 54.6 Å². The molecule has 0 saturated carbocycles. The quantitative estimate of drug-likeness (QED) is 0.213. The van der Waals surface area contributed by atoms with Crippen molar-refractivity contribution in [2.24, 2.45) is 11.8 Å². The second-order valence-corrected chi connectivity index (χ2v) is 11.6. The second kappa shape index (κ2) is 10.8. The first kappa shape index (κ1) is 31.3. The molecule has 1 spiro atoms. The maximum Gasteiger partial charge on any atom is 0.416 e. The Balaban J connectivity index is 1.69. The van der Waals surface area contributed by atoms with Crippen molar-refractivity contribution in [1.82, 2.24) is 5.32 Å². The summed E-state index contributed by atoms with van der Waals surface area (Å²) in [5.41, 5.74) is -5.11. The summed E-state index contributed by atoms with van der Waals surface area (Å²) in [5.74, 6) is -12.9. The van der Waals surface area contributed by atoms with Gasteiger partial charge in [-0.25, -0.2) is 0 Å².